The summed E-state index contributed by atoms with van der Waals surface area (Å²) in [4.78, 5) is 12.5. The van der Waals surface area contributed by atoms with E-state index in [0.717, 1.165) is 70.6 Å². The quantitative estimate of drug-likeness (QED) is 0.0324. The van der Waals surface area contributed by atoms with E-state index >= 15 is 0 Å². The highest BCUT2D eigenvalue weighted by Crippen LogP contribution is 2.15. The maximum Gasteiger partial charge on any atom is 0.267 e. The largest absolute Gasteiger partial charge is 0.387 e. The summed E-state index contributed by atoms with van der Waals surface area (Å²) < 4.78 is 32.6. The molecule has 0 radical (unpaired) electrons. The first kappa shape index (κ1) is 54.5. The summed E-state index contributed by atoms with van der Waals surface area (Å²) in [7, 11) is -4.37. The van der Waals surface area contributed by atoms with Gasteiger partial charge in [0.2, 0.25) is 5.91 Å². The zero-order valence-electron chi connectivity index (χ0n) is 36.7. The number of allylic oxidation sites excluding steroid dienone is 13. The summed E-state index contributed by atoms with van der Waals surface area (Å²) in [5.41, 5.74) is 0. The first-order valence-electron chi connectivity index (χ1n) is 23.3. The molecule has 0 bridgehead atoms. The van der Waals surface area contributed by atoms with E-state index in [0.29, 0.717) is 6.42 Å². The molecule has 0 aliphatic carbocycles. The van der Waals surface area contributed by atoms with E-state index in [1.165, 1.54) is 109 Å². The van der Waals surface area contributed by atoms with Crippen LogP contribution in [0.4, 0.5) is 0 Å². The molecule has 0 fully saturated rings. The third-order valence-electron chi connectivity index (χ3n) is 10.1. The highest BCUT2D eigenvalue weighted by Gasteiger charge is 2.24. The minimum absolute atomic E-state index is 0.236. The van der Waals surface area contributed by atoms with Crippen molar-refractivity contribution < 1.29 is 22.9 Å². The van der Waals surface area contributed by atoms with Gasteiger partial charge in [-0.25, -0.2) is 0 Å². The molecule has 0 aromatic rings. The number of hydrogen-bond donors (Lipinski definition) is 3. The van der Waals surface area contributed by atoms with Crippen molar-refractivity contribution in [2.24, 2.45) is 0 Å². The second-order valence-electron chi connectivity index (χ2n) is 15.7. The van der Waals surface area contributed by atoms with Gasteiger partial charge in [0, 0.05) is 6.42 Å². The molecule has 2 unspecified atom stereocenters. The molecule has 0 aromatic heterocycles. The second-order valence-corrected chi connectivity index (χ2v) is 17.2. The summed E-state index contributed by atoms with van der Waals surface area (Å²) >= 11 is 0. The maximum atomic E-state index is 12.5. The Morgan fingerprint density at radius 1 is 0.491 bits per heavy atom. The van der Waals surface area contributed by atoms with Crippen molar-refractivity contribution in [2.75, 3.05) is 5.75 Å². The fourth-order valence-corrected chi connectivity index (χ4v) is 7.36. The molecule has 0 aromatic carbocycles. The molecule has 328 valence electrons. The van der Waals surface area contributed by atoms with Crippen LogP contribution in [0, 0.1) is 0 Å². The van der Waals surface area contributed by atoms with Crippen LogP contribution in [0.1, 0.15) is 206 Å². The predicted octanol–water partition coefficient (Wildman–Crippen LogP) is 14.4. The number of rotatable bonds is 41. The van der Waals surface area contributed by atoms with Gasteiger partial charge in [0.25, 0.3) is 10.1 Å². The van der Waals surface area contributed by atoms with Crippen molar-refractivity contribution in [3.05, 3.63) is 85.1 Å². The van der Waals surface area contributed by atoms with Crippen molar-refractivity contribution in [1.82, 2.24) is 5.32 Å². The molecule has 1 amide bonds. The molecule has 0 heterocycles. The van der Waals surface area contributed by atoms with Gasteiger partial charge >= 0.3 is 0 Å². The fraction of sp³-hybridized carbons (Fsp3) is 0.700. The third kappa shape index (κ3) is 44.5. The van der Waals surface area contributed by atoms with E-state index in [1.54, 1.807) is 6.08 Å². The monoisotopic (exact) mass is 814 g/mol. The molecule has 0 rings (SSSR count). The van der Waals surface area contributed by atoms with E-state index in [4.69, 9.17) is 0 Å². The number of hydrogen-bond acceptors (Lipinski definition) is 4. The van der Waals surface area contributed by atoms with Crippen molar-refractivity contribution in [2.45, 2.75) is 219 Å². The molecule has 0 aliphatic heterocycles. The van der Waals surface area contributed by atoms with Gasteiger partial charge < -0.3 is 10.4 Å². The van der Waals surface area contributed by atoms with E-state index in [2.05, 4.69) is 92.1 Å². The first-order valence-corrected chi connectivity index (χ1v) is 24.9. The SMILES string of the molecule is CC/C=C\C/C=C\C/C=C\C/C=C\C/C=C\C/C=C\CCCCC(=O)NC(CS(=O)(=O)O)C(O)/C=C/CCCCCCCCCCCCCCCCCCCCC. The highest BCUT2D eigenvalue weighted by molar-refractivity contribution is 7.85. The van der Waals surface area contributed by atoms with Crippen LogP contribution < -0.4 is 5.32 Å². The lowest BCUT2D eigenvalue weighted by molar-refractivity contribution is -0.122. The molecule has 57 heavy (non-hydrogen) atoms. The summed E-state index contributed by atoms with van der Waals surface area (Å²) in [6, 6.07) is -1.09. The second kappa shape index (κ2) is 43.1. The van der Waals surface area contributed by atoms with Gasteiger partial charge in [-0.3, -0.25) is 9.35 Å². The van der Waals surface area contributed by atoms with Gasteiger partial charge in [-0.15, -0.1) is 0 Å². The molecule has 3 N–H and O–H groups in total. The number of aliphatic hydroxyl groups excluding tert-OH is 1. The molecule has 2 atom stereocenters. The van der Waals surface area contributed by atoms with Gasteiger partial charge in [-0.2, -0.15) is 8.42 Å². The van der Waals surface area contributed by atoms with Gasteiger partial charge in [-0.05, 0) is 70.6 Å². The molecular formula is C50H87NO5S. The number of aliphatic hydroxyl groups is 1. The van der Waals surface area contributed by atoms with Crippen LogP contribution in [0.2, 0.25) is 0 Å². The first-order chi connectivity index (χ1) is 27.8. The third-order valence-corrected chi connectivity index (χ3v) is 10.9. The fourth-order valence-electron chi connectivity index (χ4n) is 6.63. The van der Waals surface area contributed by atoms with Crippen molar-refractivity contribution >= 4 is 16.0 Å². The Kier molecular flexibility index (Phi) is 41.2. The summed E-state index contributed by atoms with van der Waals surface area (Å²) in [5.74, 6) is -1.04. The van der Waals surface area contributed by atoms with Crippen LogP contribution in [0.15, 0.2) is 85.1 Å². The summed E-state index contributed by atoms with van der Waals surface area (Å²) in [6.07, 6.45) is 62.9. The van der Waals surface area contributed by atoms with Crippen LogP contribution in [0.5, 0.6) is 0 Å². The molecule has 0 saturated carbocycles. The smallest absolute Gasteiger partial charge is 0.267 e. The maximum absolute atomic E-state index is 12.5. The predicted molar refractivity (Wildman–Crippen MR) is 248 cm³/mol. The standard InChI is InChI=1S/C50H87NO5S/c1-3-5-7-9-11-13-15-17-19-21-23-25-27-29-31-33-35-37-39-41-43-45-49(52)48(47-57(54,55)56)51-50(53)46-44-42-40-38-36-34-32-30-28-26-24-22-20-18-16-14-12-10-8-6-4-2/h6,8,12,14,18,20,24,26,30,32,36,38,43,45,48-49,52H,3-5,7,9-11,13,15-17,19,21-23,25,27-29,31,33-35,37,39-42,44,46-47H2,1-2H3,(H,51,53)(H,54,55,56)/b8-6-,14-12-,20-18-,26-24-,32-30-,38-36-,45-43+. The normalized spacial score (nSPS) is 14.0. The zero-order chi connectivity index (χ0) is 41.8. The Bertz CT molecular complexity index is 1210. The lowest BCUT2D eigenvalue weighted by atomic mass is 10.0. The number of amides is 1. The lowest BCUT2D eigenvalue weighted by Crippen LogP contribution is -2.46. The lowest BCUT2D eigenvalue weighted by Gasteiger charge is -2.21. The average molecular weight is 814 g/mol. The van der Waals surface area contributed by atoms with Gasteiger partial charge in [0.05, 0.1) is 17.9 Å². The molecule has 0 aliphatic rings. The van der Waals surface area contributed by atoms with Crippen LogP contribution in [-0.4, -0.2) is 41.9 Å². The summed E-state index contributed by atoms with van der Waals surface area (Å²) in [6.45, 7) is 4.42. The number of carbonyl (C=O) groups excluding carboxylic acids is 1. The van der Waals surface area contributed by atoms with Gasteiger partial charge in [-0.1, -0.05) is 214 Å². The minimum Gasteiger partial charge on any atom is -0.387 e. The van der Waals surface area contributed by atoms with Crippen molar-refractivity contribution in [3.63, 3.8) is 0 Å². The average Bonchev–Trinajstić information content (AvgIpc) is 3.18. The number of nitrogens with one attached hydrogen (secondary N) is 1. The van der Waals surface area contributed by atoms with Crippen LogP contribution in [-0.2, 0) is 14.9 Å². The molecule has 0 saturated heterocycles. The zero-order valence-corrected chi connectivity index (χ0v) is 37.5. The Labute approximate surface area is 352 Å². The molecule has 0 spiro atoms. The minimum atomic E-state index is -4.37. The Balaban J connectivity index is 3.97. The highest BCUT2D eigenvalue weighted by atomic mass is 32.2. The molecule has 6 nitrogen and oxygen atoms in total. The van der Waals surface area contributed by atoms with Crippen LogP contribution >= 0.6 is 0 Å². The van der Waals surface area contributed by atoms with E-state index in [9.17, 15) is 22.9 Å². The van der Waals surface area contributed by atoms with E-state index in [-0.39, 0.29) is 12.3 Å². The van der Waals surface area contributed by atoms with Crippen LogP contribution in [0.3, 0.4) is 0 Å². The Morgan fingerprint density at radius 3 is 1.25 bits per heavy atom. The van der Waals surface area contributed by atoms with Crippen molar-refractivity contribution in [1.29, 1.82) is 0 Å². The number of carbonyl (C=O) groups is 1. The topological polar surface area (TPSA) is 104 Å². The van der Waals surface area contributed by atoms with Crippen molar-refractivity contribution in [3.8, 4) is 0 Å². The van der Waals surface area contributed by atoms with Gasteiger partial charge in [0.1, 0.15) is 0 Å². The number of unbranched alkanes of at least 4 members (excludes halogenated alkanes) is 21. The van der Waals surface area contributed by atoms with Crippen LogP contribution in [0.25, 0.3) is 0 Å². The Hall–Kier alpha value is -2.48. The Morgan fingerprint density at radius 2 is 0.842 bits per heavy atom. The summed E-state index contributed by atoms with van der Waals surface area (Å²) in [5, 5.41) is 13.3. The van der Waals surface area contributed by atoms with E-state index < -0.39 is 28.0 Å². The molecular weight excluding hydrogens is 727 g/mol. The van der Waals surface area contributed by atoms with Gasteiger partial charge in [0.15, 0.2) is 0 Å². The molecule has 7 heteroatoms. The van der Waals surface area contributed by atoms with E-state index in [1.807, 2.05) is 6.08 Å².